The summed E-state index contributed by atoms with van der Waals surface area (Å²) < 4.78 is 14.8. The normalized spacial score (nSPS) is 19.5. The molecule has 0 aliphatic heterocycles. The molecule has 2 aromatic carbocycles. The number of carbonyl (C=O) groups is 1. The van der Waals surface area contributed by atoms with E-state index in [2.05, 4.69) is 53.7 Å². The zero-order chi connectivity index (χ0) is 20.6. The molecule has 0 saturated carbocycles. The second-order valence-corrected chi connectivity index (χ2v) is 8.51. The van der Waals surface area contributed by atoms with Gasteiger partial charge in [0.1, 0.15) is 6.08 Å². The Morgan fingerprint density at radius 3 is 2.15 bits per heavy atom. The Morgan fingerprint density at radius 1 is 1.00 bits per heavy atom. The Morgan fingerprint density at radius 2 is 1.59 bits per heavy atom. The molecule has 0 radical (unpaired) electrons. The zero-order valence-electron chi connectivity index (χ0n) is 18.4. The summed E-state index contributed by atoms with van der Waals surface area (Å²) in [5.74, 6) is 0.436. The van der Waals surface area contributed by atoms with Gasteiger partial charge < -0.3 is 4.74 Å². The van der Waals surface area contributed by atoms with E-state index < -0.39 is 6.08 Å². The van der Waals surface area contributed by atoms with E-state index in [1.807, 2.05) is 24.3 Å². The van der Waals surface area contributed by atoms with Crippen LogP contribution in [0.25, 0.3) is 0 Å². The molecule has 0 bridgehead atoms. The lowest BCUT2D eigenvalue weighted by atomic mass is 9.84. The number of fused-ring (bicyclic) bond motifs is 1. The van der Waals surface area contributed by atoms with Crippen LogP contribution in [0.5, 0.6) is 0 Å². The van der Waals surface area contributed by atoms with Gasteiger partial charge in [0.2, 0.25) is 0 Å². The molecule has 0 saturated heterocycles. The first-order valence-corrected chi connectivity index (χ1v) is 10.1. The molecule has 0 unspecified atom stereocenters. The van der Waals surface area contributed by atoms with Gasteiger partial charge in [-0.25, -0.2) is 4.79 Å². The summed E-state index contributed by atoms with van der Waals surface area (Å²) >= 11 is 0. The largest absolute Gasteiger partial charge is 0.454 e. The van der Waals surface area contributed by atoms with Crippen LogP contribution in [0.2, 0.25) is 0 Å². The highest BCUT2D eigenvalue weighted by Crippen LogP contribution is 2.37. The lowest BCUT2D eigenvalue weighted by Gasteiger charge is -2.23. The Balaban J connectivity index is 2.06. The third kappa shape index (κ3) is 3.95. The van der Waals surface area contributed by atoms with Gasteiger partial charge in [0, 0.05) is 0 Å². The first kappa shape index (κ1) is 18.3. The number of carbonyl (C=O) groups excluding carboxylic acids is 1. The molecule has 0 heterocycles. The van der Waals surface area contributed by atoms with Crippen LogP contribution in [0.15, 0.2) is 36.4 Å². The summed E-state index contributed by atoms with van der Waals surface area (Å²) in [6, 6.07) is 12.1. The minimum atomic E-state index is -1.30. The van der Waals surface area contributed by atoms with Crippen LogP contribution in [-0.2, 0) is 11.2 Å². The molecule has 0 fully saturated rings. The van der Waals surface area contributed by atoms with Crippen molar-refractivity contribution in [3.63, 3.8) is 0 Å². The minimum Gasteiger partial charge on any atom is -0.454 e. The number of aryl methyl sites for hydroxylation is 1. The number of benzene rings is 2. The standard InChI is InChI=1S/C25H32O2/c1-15(2)19-13-21(16(3)4)24(22(14-19)17(5)6)25(26)27-23-12-11-18-9-7-8-10-20(18)23/h7-10,13-17,23H,11-12H2,1-6H3/t23-/m1/s1/i23D. The molecule has 2 heteroatoms. The van der Waals surface area contributed by atoms with Crippen molar-refractivity contribution >= 4 is 5.97 Å². The monoisotopic (exact) mass is 365 g/mol. The highest BCUT2D eigenvalue weighted by atomic mass is 16.5. The van der Waals surface area contributed by atoms with Crippen LogP contribution in [0.1, 0.15) is 111 Å². The Kier molecular flexibility index (Phi) is 5.33. The van der Waals surface area contributed by atoms with Crippen LogP contribution in [0.3, 0.4) is 0 Å². The molecule has 3 rings (SSSR count). The van der Waals surface area contributed by atoms with Gasteiger partial charge in [-0.2, -0.15) is 0 Å². The van der Waals surface area contributed by atoms with Crippen LogP contribution in [0, 0.1) is 0 Å². The molecule has 1 aliphatic carbocycles. The van der Waals surface area contributed by atoms with Gasteiger partial charge in [-0.3, -0.25) is 0 Å². The smallest absolute Gasteiger partial charge is 0.339 e. The number of hydrogen-bond acceptors (Lipinski definition) is 2. The molecule has 1 aliphatic rings. The second-order valence-electron chi connectivity index (χ2n) is 8.51. The third-order valence-corrected chi connectivity index (χ3v) is 5.49. The molecule has 0 amide bonds. The fraction of sp³-hybridized carbons (Fsp3) is 0.480. The average Bonchev–Trinajstić information content (AvgIpc) is 2.97. The second kappa shape index (κ2) is 7.88. The van der Waals surface area contributed by atoms with Crippen molar-refractivity contribution in [1.82, 2.24) is 0 Å². The van der Waals surface area contributed by atoms with Gasteiger partial charge in [-0.05, 0) is 58.4 Å². The molecule has 0 N–H and O–H groups in total. The number of ether oxygens (including phenoxy) is 1. The molecular formula is C25H32O2. The Bertz CT molecular complexity index is 853. The Hall–Kier alpha value is -2.09. The van der Waals surface area contributed by atoms with E-state index in [0.717, 1.165) is 28.7 Å². The first-order valence-electron chi connectivity index (χ1n) is 10.6. The van der Waals surface area contributed by atoms with Crippen molar-refractivity contribution in [2.75, 3.05) is 0 Å². The quantitative estimate of drug-likeness (QED) is 0.539. The number of esters is 1. The topological polar surface area (TPSA) is 26.3 Å². The van der Waals surface area contributed by atoms with Crippen LogP contribution in [-0.4, -0.2) is 5.97 Å². The third-order valence-electron chi connectivity index (χ3n) is 5.49. The summed E-state index contributed by atoms with van der Waals surface area (Å²) in [4.78, 5) is 13.4. The maximum absolute atomic E-state index is 13.4. The maximum atomic E-state index is 13.4. The van der Waals surface area contributed by atoms with Crippen molar-refractivity contribution in [2.45, 2.75) is 78.2 Å². The van der Waals surface area contributed by atoms with Crippen LogP contribution in [0.4, 0.5) is 0 Å². The van der Waals surface area contributed by atoms with Gasteiger partial charge in [0.15, 0.2) is 0 Å². The maximum Gasteiger partial charge on any atom is 0.339 e. The highest BCUT2D eigenvalue weighted by Gasteiger charge is 2.29. The molecule has 2 aromatic rings. The summed E-state index contributed by atoms with van der Waals surface area (Å²) in [5, 5.41) is 0. The SMILES string of the molecule is [2H][C@@]1(OC(=O)c2c(C(C)C)cc(C(C)C)cc2C(C)C)CCc2ccccc21. The number of rotatable bonds is 5. The first-order chi connectivity index (χ1) is 13.1. The van der Waals surface area contributed by atoms with Gasteiger partial charge in [0.05, 0.1) is 6.93 Å². The van der Waals surface area contributed by atoms with Gasteiger partial charge in [-0.15, -0.1) is 0 Å². The summed E-state index contributed by atoms with van der Waals surface area (Å²) in [7, 11) is 0. The average molecular weight is 366 g/mol. The van der Waals surface area contributed by atoms with E-state index >= 15 is 0 Å². The van der Waals surface area contributed by atoms with E-state index in [-0.39, 0.29) is 17.8 Å². The lowest BCUT2D eigenvalue weighted by molar-refractivity contribution is 0.0298. The zero-order valence-corrected chi connectivity index (χ0v) is 17.4. The van der Waals surface area contributed by atoms with E-state index in [0.29, 0.717) is 17.9 Å². The van der Waals surface area contributed by atoms with Gasteiger partial charge in [0.25, 0.3) is 0 Å². The summed E-state index contributed by atoms with van der Waals surface area (Å²) in [6.45, 7) is 12.8. The van der Waals surface area contributed by atoms with Crippen molar-refractivity contribution in [2.24, 2.45) is 0 Å². The van der Waals surface area contributed by atoms with Crippen molar-refractivity contribution < 1.29 is 10.9 Å². The van der Waals surface area contributed by atoms with E-state index in [1.54, 1.807) is 0 Å². The van der Waals surface area contributed by atoms with Crippen molar-refractivity contribution in [3.05, 3.63) is 69.8 Å². The van der Waals surface area contributed by atoms with E-state index in [1.165, 1.54) is 5.56 Å². The molecule has 1 atom stereocenters. The van der Waals surface area contributed by atoms with Crippen LogP contribution >= 0.6 is 0 Å². The van der Waals surface area contributed by atoms with Gasteiger partial charge in [-0.1, -0.05) is 77.9 Å². The van der Waals surface area contributed by atoms with Gasteiger partial charge >= 0.3 is 5.97 Å². The molecule has 27 heavy (non-hydrogen) atoms. The molecular weight excluding hydrogens is 332 g/mol. The molecule has 0 spiro atoms. The Labute approximate surface area is 165 Å². The van der Waals surface area contributed by atoms with E-state index in [9.17, 15) is 4.79 Å². The molecule has 2 nitrogen and oxygen atoms in total. The predicted molar refractivity (Wildman–Crippen MR) is 112 cm³/mol. The van der Waals surface area contributed by atoms with Crippen molar-refractivity contribution in [3.8, 4) is 0 Å². The molecule has 0 aromatic heterocycles. The lowest BCUT2D eigenvalue weighted by Crippen LogP contribution is -2.16. The highest BCUT2D eigenvalue weighted by molar-refractivity contribution is 5.93. The fourth-order valence-corrected chi connectivity index (χ4v) is 3.85. The van der Waals surface area contributed by atoms with E-state index in [4.69, 9.17) is 6.11 Å². The number of hydrogen-bond donors (Lipinski definition) is 0. The van der Waals surface area contributed by atoms with Crippen molar-refractivity contribution in [1.29, 1.82) is 0 Å². The fourth-order valence-electron chi connectivity index (χ4n) is 3.85. The molecule has 144 valence electrons. The predicted octanol–water partition coefficient (Wildman–Crippen LogP) is 6.90. The summed E-state index contributed by atoms with van der Waals surface area (Å²) in [5.41, 5.74) is 5.87. The minimum absolute atomic E-state index is 0.205. The summed E-state index contributed by atoms with van der Waals surface area (Å²) in [6.07, 6.45) is -0.0175. The van der Waals surface area contributed by atoms with Crippen LogP contribution < -0.4 is 0 Å².